The normalized spacial score (nSPS) is 33.6. The molecule has 0 amide bonds. The van der Waals surface area contributed by atoms with Gasteiger partial charge in [-0.1, -0.05) is 12.8 Å². The van der Waals surface area contributed by atoms with E-state index in [0.717, 1.165) is 18.0 Å². The van der Waals surface area contributed by atoms with E-state index in [9.17, 15) is 0 Å². The molecule has 0 heterocycles. The molecule has 2 atom stereocenters. The zero-order valence-corrected chi connectivity index (χ0v) is 9.63. The molecule has 0 bridgehead atoms. The van der Waals surface area contributed by atoms with Crippen molar-refractivity contribution < 1.29 is 0 Å². The number of rotatable bonds is 4. The average molecular weight is 196 g/mol. The van der Waals surface area contributed by atoms with E-state index >= 15 is 0 Å². The highest BCUT2D eigenvalue weighted by atomic mass is 15.2. The van der Waals surface area contributed by atoms with E-state index in [2.05, 4.69) is 24.3 Å². The number of hydrogen-bond donors (Lipinski definition) is 1. The molecule has 0 aliphatic heterocycles. The molecule has 0 aromatic heterocycles. The van der Waals surface area contributed by atoms with Gasteiger partial charge in [0, 0.05) is 12.1 Å². The predicted octanol–water partition coefficient (Wildman–Crippen LogP) is 1.86. The fourth-order valence-corrected chi connectivity index (χ4v) is 3.17. The zero-order valence-electron chi connectivity index (χ0n) is 9.63. The van der Waals surface area contributed by atoms with Gasteiger partial charge in [0.05, 0.1) is 0 Å². The van der Waals surface area contributed by atoms with Crippen LogP contribution in [0.25, 0.3) is 0 Å². The number of nitrogens with one attached hydrogen (secondary N) is 1. The Kier molecular flexibility index (Phi) is 3.45. The topological polar surface area (TPSA) is 15.3 Å². The van der Waals surface area contributed by atoms with Crippen molar-refractivity contribution in [2.75, 3.05) is 20.6 Å². The minimum Gasteiger partial charge on any atom is -0.319 e. The summed E-state index contributed by atoms with van der Waals surface area (Å²) in [6.07, 6.45) is 8.66. The van der Waals surface area contributed by atoms with Crippen molar-refractivity contribution in [1.82, 2.24) is 10.2 Å². The summed E-state index contributed by atoms with van der Waals surface area (Å²) in [4.78, 5) is 2.68. The Labute approximate surface area is 88.1 Å². The molecule has 1 N–H and O–H groups in total. The van der Waals surface area contributed by atoms with Gasteiger partial charge in [-0.2, -0.15) is 0 Å². The molecule has 0 spiro atoms. The van der Waals surface area contributed by atoms with E-state index in [1.807, 2.05) is 0 Å². The summed E-state index contributed by atoms with van der Waals surface area (Å²) in [5, 5.41) is 3.32. The molecule has 2 nitrogen and oxygen atoms in total. The third kappa shape index (κ3) is 1.96. The van der Waals surface area contributed by atoms with Crippen LogP contribution in [0.4, 0.5) is 0 Å². The van der Waals surface area contributed by atoms with Gasteiger partial charge in [-0.3, -0.25) is 0 Å². The fraction of sp³-hybridized carbons (Fsp3) is 1.00. The van der Waals surface area contributed by atoms with Crippen molar-refractivity contribution >= 4 is 0 Å². The molecule has 14 heavy (non-hydrogen) atoms. The summed E-state index contributed by atoms with van der Waals surface area (Å²) < 4.78 is 0. The van der Waals surface area contributed by atoms with Crippen molar-refractivity contribution in [2.24, 2.45) is 5.92 Å². The predicted molar refractivity (Wildman–Crippen MR) is 60.5 cm³/mol. The lowest BCUT2D eigenvalue weighted by Gasteiger charge is -2.45. The summed E-state index contributed by atoms with van der Waals surface area (Å²) in [7, 11) is 4.42. The van der Waals surface area contributed by atoms with Gasteiger partial charge in [0.15, 0.2) is 0 Å². The molecule has 2 rings (SSSR count). The smallest absolute Gasteiger partial charge is 0.0136 e. The molecule has 0 saturated heterocycles. The molecule has 2 unspecified atom stereocenters. The average Bonchev–Trinajstić information content (AvgIpc) is 2.65. The van der Waals surface area contributed by atoms with Gasteiger partial charge in [-0.15, -0.1) is 0 Å². The first kappa shape index (κ1) is 10.4. The Bertz CT molecular complexity index is 175. The second kappa shape index (κ2) is 4.63. The van der Waals surface area contributed by atoms with Crippen molar-refractivity contribution in [3.05, 3.63) is 0 Å². The third-order valence-corrected chi connectivity index (χ3v) is 4.27. The minimum absolute atomic E-state index is 0.880. The third-order valence-electron chi connectivity index (χ3n) is 4.27. The summed E-state index contributed by atoms with van der Waals surface area (Å²) in [5.41, 5.74) is 0. The lowest BCUT2D eigenvalue weighted by molar-refractivity contribution is 0.0525. The van der Waals surface area contributed by atoms with Crippen molar-refractivity contribution in [3.8, 4) is 0 Å². The highest BCUT2D eigenvalue weighted by Crippen LogP contribution is 2.35. The first-order chi connectivity index (χ1) is 6.83. The monoisotopic (exact) mass is 196 g/mol. The molecule has 0 aromatic rings. The maximum Gasteiger partial charge on any atom is 0.0136 e. The minimum atomic E-state index is 0.880. The van der Waals surface area contributed by atoms with Crippen LogP contribution in [0.15, 0.2) is 0 Å². The Morgan fingerprint density at radius 3 is 2.36 bits per heavy atom. The van der Waals surface area contributed by atoms with Crippen LogP contribution in [0.5, 0.6) is 0 Å². The zero-order chi connectivity index (χ0) is 9.97. The van der Waals surface area contributed by atoms with Crippen LogP contribution in [-0.2, 0) is 0 Å². The van der Waals surface area contributed by atoms with Gasteiger partial charge in [-0.25, -0.2) is 0 Å². The Balaban J connectivity index is 1.81. The Hall–Kier alpha value is -0.0800. The highest BCUT2D eigenvalue weighted by molar-refractivity contribution is 4.92. The first-order valence-corrected chi connectivity index (χ1v) is 6.19. The summed E-state index contributed by atoms with van der Waals surface area (Å²) in [5.74, 6) is 0.922. The molecule has 2 fully saturated rings. The van der Waals surface area contributed by atoms with E-state index in [0.29, 0.717) is 0 Å². The van der Waals surface area contributed by atoms with Crippen LogP contribution >= 0.6 is 0 Å². The second-order valence-corrected chi connectivity index (χ2v) is 5.07. The SMILES string of the molecule is CNCC1CCC1N(C)C1CCCC1. The number of hydrogen-bond acceptors (Lipinski definition) is 2. The molecule has 2 aliphatic rings. The van der Waals surface area contributed by atoms with E-state index in [-0.39, 0.29) is 0 Å². The van der Waals surface area contributed by atoms with Crippen molar-refractivity contribution in [1.29, 1.82) is 0 Å². The molecular formula is C12H24N2. The van der Waals surface area contributed by atoms with Crippen molar-refractivity contribution in [2.45, 2.75) is 50.6 Å². The second-order valence-electron chi connectivity index (χ2n) is 5.07. The van der Waals surface area contributed by atoms with Crippen LogP contribution in [0, 0.1) is 5.92 Å². The van der Waals surface area contributed by atoms with Crippen LogP contribution in [0.1, 0.15) is 38.5 Å². The van der Waals surface area contributed by atoms with Crippen LogP contribution in [-0.4, -0.2) is 37.6 Å². The van der Waals surface area contributed by atoms with Crippen LogP contribution in [0.2, 0.25) is 0 Å². The van der Waals surface area contributed by atoms with Crippen LogP contribution in [0.3, 0.4) is 0 Å². The first-order valence-electron chi connectivity index (χ1n) is 6.19. The van der Waals surface area contributed by atoms with Gasteiger partial charge in [0.1, 0.15) is 0 Å². The summed E-state index contributed by atoms with van der Waals surface area (Å²) in [6, 6.07) is 1.78. The van der Waals surface area contributed by atoms with Gasteiger partial charge >= 0.3 is 0 Å². The lowest BCUT2D eigenvalue weighted by atomic mass is 9.78. The molecule has 0 aromatic carbocycles. The lowest BCUT2D eigenvalue weighted by Crippen LogP contribution is -2.51. The van der Waals surface area contributed by atoms with Gasteiger partial charge in [0.25, 0.3) is 0 Å². The molecule has 2 aliphatic carbocycles. The van der Waals surface area contributed by atoms with E-state index in [1.54, 1.807) is 0 Å². The van der Waals surface area contributed by atoms with E-state index in [1.165, 1.54) is 45.1 Å². The highest BCUT2D eigenvalue weighted by Gasteiger charge is 2.36. The molecule has 2 saturated carbocycles. The van der Waals surface area contributed by atoms with E-state index in [4.69, 9.17) is 0 Å². The fourth-order valence-electron chi connectivity index (χ4n) is 3.17. The molecular weight excluding hydrogens is 172 g/mol. The quantitative estimate of drug-likeness (QED) is 0.738. The molecule has 82 valence electrons. The Morgan fingerprint density at radius 2 is 1.86 bits per heavy atom. The maximum atomic E-state index is 3.32. The van der Waals surface area contributed by atoms with Gasteiger partial charge in [-0.05, 0) is 52.2 Å². The molecule has 0 radical (unpaired) electrons. The Morgan fingerprint density at radius 1 is 1.14 bits per heavy atom. The summed E-state index contributed by atoms with van der Waals surface area (Å²) in [6.45, 7) is 1.21. The van der Waals surface area contributed by atoms with Gasteiger partial charge < -0.3 is 10.2 Å². The standard InChI is InChI=1S/C12H24N2/c1-13-9-10-7-8-12(10)14(2)11-5-3-4-6-11/h10-13H,3-9H2,1-2H3. The van der Waals surface area contributed by atoms with Gasteiger partial charge in [0.2, 0.25) is 0 Å². The van der Waals surface area contributed by atoms with Crippen LogP contribution < -0.4 is 5.32 Å². The summed E-state index contributed by atoms with van der Waals surface area (Å²) >= 11 is 0. The number of nitrogens with zero attached hydrogens (tertiary/aromatic N) is 1. The molecule has 2 heteroatoms. The maximum absolute atomic E-state index is 3.32. The van der Waals surface area contributed by atoms with Crippen molar-refractivity contribution in [3.63, 3.8) is 0 Å². The van der Waals surface area contributed by atoms with E-state index < -0.39 is 0 Å². The largest absolute Gasteiger partial charge is 0.319 e.